The van der Waals surface area contributed by atoms with E-state index >= 15 is 0 Å². The van der Waals surface area contributed by atoms with E-state index in [-0.39, 0.29) is 5.97 Å². The molecule has 0 aliphatic rings. The summed E-state index contributed by atoms with van der Waals surface area (Å²) in [6.45, 7) is 1.91. The SMILES string of the molecule is CCC(=N)c1cc(C(=O)OC)ccc1NC. The minimum atomic E-state index is -0.382. The Morgan fingerprint density at radius 3 is 2.69 bits per heavy atom. The van der Waals surface area contributed by atoms with Gasteiger partial charge in [0.05, 0.1) is 12.7 Å². The molecule has 1 aromatic carbocycles. The fourth-order valence-electron chi connectivity index (χ4n) is 1.45. The van der Waals surface area contributed by atoms with Crippen LogP contribution in [0.2, 0.25) is 0 Å². The van der Waals surface area contributed by atoms with Gasteiger partial charge in [-0.05, 0) is 24.6 Å². The summed E-state index contributed by atoms with van der Waals surface area (Å²) in [6.07, 6.45) is 0.624. The molecule has 4 nitrogen and oxygen atoms in total. The average Bonchev–Trinajstić information content (AvgIpc) is 2.35. The molecule has 4 heteroatoms. The summed E-state index contributed by atoms with van der Waals surface area (Å²) in [4.78, 5) is 11.4. The molecule has 0 unspecified atom stereocenters. The number of hydrogen-bond acceptors (Lipinski definition) is 4. The molecule has 2 N–H and O–H groups in total. The van der Waals surface area contributed by atoms with Crippen LogP contribution in [0.25, 0.3) is 0 Å². The van der Waals surface area contributed by atoms with E-state index in [0.29, 0.717) is 17.7 Å². The maximum atomic E-state index is 11.4. The Balaban J connectivity index is 3.21. The molecule has 0 fully saturated rings. The van der Waals surface area contributed by atoms with Crippen molar-refractivity contribution in [1.82, 2.24) is 0 Å². The highest BCUT2D eigenvalue weighted by molar-refractivity contribution is 6.05. The summed E-state index contributed by atoms with van der Waals surface area (Å²) in [5, 5.41) is 10.8. The maximum absolute atomic E-state index is 11.4. The van der Waals surface area contributed by atoms with Crippen LogP contribution in [-0.4, -0.2) is 25.8 Å². The van der Waals surface area contributed by atoms with Crippen LogP contribution >= 0.6 is 0 Å². The molecule has 0 aliphatic heterocycles. The Morgan fingerprint density at radius 1 is 1.50 bits per heavy atom. The van der Waals surface area contributed by atoms with Gasteiger partial charge in [0.25, 0.3) is 0 Å². The van der Waals surface area contributed by atoms with Crippen molar-refractivity contribution in [2.24, 2.45) is 0 Å². The number of methoxy groups -OCH3 is 1. The van der Waals surface area contributed by atoms with E-state index in [1.165, 1.54) is 7.11 Å². The highest BCUT2D eigenvalue weighted by atomic mass is 16.5. The van der Waals surface area contributed by atoms with Crippen LogP contribution in [0.15, 0.2) is 18.2 Å². The van der Waals surface area contributed by atoms with Crippen molar-refractivity contribution in [2.45, 2.75) is 13.3 Å². The number of carbonyl (C=O) groups excluding carboxylic acids is 1. The predicted octanol–water partition coefficient (Wildman–Crippen LogP) is 2.29. The lowest BCUT2D eigenvalue weighted by molar-refractivity contribution is 0.0601. The van der Waals surface area contributed by atoms with Crippen molar-refractivity contribution in [3.8, 4) is 0 Å². The van der Waals surface area contributed by atoms with Gasteiger partial charge in [-0.15, -0.1) is 0 Å². The third kappa shape index (κ3) is 2.39. The zero-order valence-electron chi connectivity index (χ0n) is 9.76. The fraction of sp³-hybridized carbons (Fsp3) is 0.333. The van der Waals surface area contributed by atoms with E-state index in [0.717, 1.165) is 11.3 Å². The number of ether oxygens (including phenoxy) is 1. The van der Waals surface area contributed by atoms with Crippen LogP contribution in [0.5, 0.6) is 0 Å². The van der Waals surface area contributed by atoms with Gasteiger partial charge < -0.3 is 15.5 Å². The summed E-state index contributed by atoms with van der Waals surface area (Å²) in [5.74, 6) is -0.382. The van der Waals surface area contributed by atoms with Crippen molar-refractivity contribution in [1.29, 1.82) is 5.41 Å². The first-order chi connectivity index (χ1) is 7.63. The minimum Gasteiger partial charge on any atom is -0.465 e. The van der Waals surface area contributed by atoms with E-state index in [4.69, 9.17) is 5.41 Å². The summed E-state index contributed by atoms with van der Waals surface area (Å²) in [7, 11) is 3.14. The molecule has 0 heterocycles. The molecule has 0 aliphatic carbocycles. The molecule has 0 spiro atoms. The van der Waals surface area contributed by atoms with Gasteiger partial charge in [0.15, 0.2) is 0 Å². The predicted molar refractivity (Wildman–Crippen MR) is 64.4 cm³/mol. The van der Waals surface area contributed by atoms with Crippen LogP contribution < -0.4 is 5.32 Å². The first-order valence-electron chi connectivity index (χ1n) is 5.12. The molecule has 0 bridgehead atoms. The van der Waals surface area contributed by atoms with Crippen molar-refractivity contribution in [3.05, 3.63) is 29.3 Å². The van der Waals surface area contributed by atoms with Gasteiger partial charge in [0.2, 0.25) is 0 Å². The number of nitrogens with one attached hydrogen (secondary N) is 2. The third-order valence-corrected chi connectivity index (χ3v) is 2.39. The lowest BCUT2D eigenvalue weighted by atomic mass is 10.0. The first-order valence-corrected chi connectivity index (χ1v) is 5.12. The Morgan fingerprint density at radius 2 is 2.19 bits per heavy atom. The molecule has 0 radical (unpaired) electrons. The number of esters is 1. The van der Waals surface area contributed by atoms with Crippen LogP contribution in [0, 0.1) is 5.41 Å². The Labute approximate surface area is 95.1 Å². The van der Waals surface area contributed by atoms with Gasteiger partial charge in [-0.1, -0.05) is 6.92 Å². The van der Waals surface area contributed by atoms with Gasteiger partial charge in [-0.25, -0.2) is 4.79 Å². The third-order valence-electron chi connectivity index (χ3n) is 2.39. The van der Waals surface area contributed by atoms with Gasteiger partial charge in [0, 0.05) is 24.0 Å². The second kappa shape index (κ2) is 5.30. The average molecular weight is 220 g/mol. The first kappa shape index (κ1) is 12.2. The minimum absolute atomic E-state index is 0.382. The lowest BCUT2D eigenvalue weighted by Crippen LogP contribution is -2.07. The van der Waals surface area contributed by atoms with E-state index in [9.17, 15) is 4.79 Å². The summed E-state index contributed by atoms with van der Waals surface area (Å²) < 4.78 is 4.65. The summed E-state index contributed by atoms with van der Waals surface area (Å²) in [5.41, 5.74) is 2.55. The van der Waals surface area contributed by atoms with Gasteiger partial charge in [-0.3, -0.25) is 0 Å². The number of hydrogen-bond donors (Lipinski definition) is 2. The maximum Gasteiger partial charge on any atom is 0.337 e. The topological polar surface area (TPSA) is 62.2 Å². The smallest absolute Gasteiger partial charge is 0.337 e. The summed E-state index contributed by atoms with van der Waals surface area (Å²) in [6, 6.07) is 5.15. The monoisotopic (exact) mass is 220 g/mol. The number of anilines is 1. The Kier molecular flexibility index (Phi) is 4.05. The molecule has 0 saturated heterocycles. The van der Waals surface area contributed by atoms with Gasteiger partial charge >= 0.3 is 5.97 Å². The summed E-state index contributed by atoms with van der Waals surface area (Å²) >= 11 is 0. The quantitative estimate of drug-likeness (QED) is 0.604. The Bertz CT molecular complexity index is 413. The molecule has 1 aromatic rings. The van der Waals surface area contributed by atoms with E-state index in [2.05, 4.69) is 10.1 Å². The van der Waals surface area contributed by atoms with Crippen molar-refractivity contribution in [2.75, 3.05) is 19.5 Å². The molecular formula is C12H16N2O2. The standard InChI is InChI=1S/C12H16N2O2/c1-4-10(13)9-7-8(12(15)16-3)5-6-11(9)14-2/h5-7,13-14H,4H2,1-3H3. The van der Waals surface area contributed by atoms with Crippen LogP contribution in [0.3, 0.4) is 0 Å². The normalized spacial score (nSPS) is 9.69. The zero-order chi connectivity index (χ0) is 12.1. The van der Waals surface area contributed by atoms with Crippen molar-refractivity contribution >= 4 is 17.4 Å². The molecule has 0 atom stereocenters. The molecular weight excluding hydrogens is 204 g/mol. The zero-order valence-corrected chi connectivity index (χ0v) is 9.76. The van der Waals surface area contributed by atoms with E-state index < -0.39 is 0 Å². The Hall–Kier alpha value is -1.84. The lowest BCUT2D eigenvalue weighted by Gasteiger charge is -2.10. The largest absolute Gasteiger partial charge is 0.465 e. The van der Waals surface area contributed by atoms with E-state index in [1.807, 2.05) is 6.92 Å². The van der Waals surface area contributed by atoms with Crippen LogP contribution in [-0.2, 0) is 4.74 Å². The molecule has 0 aromatic heterocycles. The highest BCUT2D eigenvalue weighted by Gasteiger charge is 2.11. The molecule has 0 saturated carbocycles. The van der Waals surface area contributed by atoms with Crippen molar-refractivity contribution < 1.29 is 9.53 Å². The molecule has 0 amide bonds. The van der Waals surface area contributed by atoms with Gasteiger partial charge in [-0.2, -0.15) is 0 Å². The number of rotatable bonds is 4. The number of benzene rings is 1. The van der Waals surface area contributed by atoms with Crippen molar-refractivity contribution in [3.63, 3.8) is 0 Å². The second-order valence-corrected chi connectivity index (χ2v) is 3.33. The van der Waals surface area contributed by atoms with Crippen LogP contribution in [0.4, 0.5) is 5.69 Å². The van der Waals surface area contributed by atoms with Crippen LogP contribution in [0.1, 0.15) is 29.3 Å². The van der Waals surface area contributed by atoms with Gasteiger partial charge in [0.1, 0.15) is 0 Å². The molecule has 1 rings (SSSR count). The second-order valence-electron chi connectivity index (χ2n) is 3.33. The molecule has 16 heavy (non-hydrogen) atoms. The fourth-order valence-corrected chi connectivity index (χ4v) is 1.45. The van der Waals surface area contributed by atoms with E-state index in [1.54, 1.807) is 25.2 Å². The molecule has 86 valence electrons. The highest BCUT2D eigenvalue weighted by Crippen LogP contribution is 2.19. The number of carbonyl (C=O) groups is 1.